The van der Waals surface area contributed by atoms with Crippen molar-refractivity contribution in [3.8, 4) is 0 Å². The molecule has 0 aromatic heterocycles. The van der Waals surface area contributed by atoms with Crippen LogP contribution < -0.4 is 5.32 Å². The van der Waals surface area contributed by atoms with Gasteiger partial charge in [-0.3, -0.25) is 9.89 Å². The van der Waals surface area contributed by atoms with Crippen molar-refractivity contribution in [2.45, 2.75) is 44.2 Å². The molecule has 6 nitrogen and oxygen atoms in total. The summed E-state index contributed by atoms with van der Waals surface area (Å²) in [6.45, 7) is 8.51. The van der Waals surface area contributed by atoms with Crippen LogP contribution in [0.1, 0.15) is 32.1 Å². The van der Waals surface area contributed by atoms with Gasteiger partial charge in [-0.05, 0) is 31.6 Å². The molecule has 1 spiro atoms. The lowest BCUT2D eigenvalue weighted by molar-refractivity contribution is -0.171. The lowest BCUT2D eigenvalue weighted by Crippen LogP contribution is -2.73. The summed E-state index contributed by atoms with van der Waals surface area (Å²) in [7, 11) is 1.94. The van der Waals surface area contributed by atoms with Crippen molar-refractivity contribution in [2.24, 2.45) is 22.2 Å². The Labute approximate surface area is 180 Å². The van der Waals surface area contributed by atoms with Crippen LogP contribution in [0.3, 0.4) is 0 Å². The molecule has 3 heterocycles. The van der Waals surface area contributed by atoms with Gasteiger partial charge in [0.2, 0.25) is 0 Å². The molecule has 0 bridgehead atoms. The van der Waals surface area contributed by atoms with Crippen molar-refractivity contribution in [2.75, 3.05) is 59.6 Å². The van der Waals surface area contributed by atoms with E-state index in [4.69, 9.17) is 9.47 Å². The fourth-order valence-corrected chi connectivity index (χ4v) is 6.13. The fourth-order valence-electron chi connectivity index (χ4n) is 6.13. The molecule has 1 N–H and O–H groups in total. The van der Waals surface area contributed by atoms with Crippen LogP contribution >= 0.6 is 24.0 Å². The Morgan fingerprint density at radius 2 is 1.96 bits per heavy atom. The predicted molar refractivity (Wildman–Crippen MR) is 117 cm³/mol. The summed E-state index contributed by atoms with van der Waals surface area (Å²) in [5.41, 5.74) is 0.418. The predicted octanol–water partition coefficient (Wildman–Crippen LogP) is 1.79. The number of nitrogens with zero attached hydrogens (tertiary/aromatic N) is 3. The van der Waals surface area contributed by atoms with E-state index in [-0.39, 0.29) is 24.0 Å². The van der Waals surface area contributed by atoms with E-state index < -0.39 is 0 Å². The van der Waals surface area contributed by atoms with Crippen molar-refractivity contribution in [1.29, 1.82) is 0 Å². The van der Waals surface area contributed by atoms with E-state index in [0.29, 0.717) is 23.5 Å². The lowest BCUT2D eigenvalue weighted by Gasteiger charge is -2.63. The number of halogens is 1. The highest BCUT2D eigenvalue weighted by atomic mass is 127. The third kappa shape index (κ3) is 3.51. The Morgan fingerprint density at radius 3 is 2.59 bits per heavy atom. The first kappa shape index (κ1) is 20.2. The number of nitrogens with one attached hydrogen (secondary N) is 1. The molecular formula is C20H35IN4O2. The number of hydrogen-bond acceptors (Lipinski definition) is 4. The van der Waals surface area contributed by atoms with Gasteiger partial charge in [0.1, 0.15) is 0 Å². The molecular weight excluding hydrogens is 455 g/mol. The van der Waals surface area contributed by atoms with Crippen molar-refractivity contribution >= 4 is 29.9 Å². The second kappa shape index (κ2) is 8.32. The number of fused-ring (bicyclic) bond motifs is 2. The van der Waals surface area contributed by atoms with Gasteiger partial charge in [0.25, 0.3) is 0 Å². The standard InChI is InChI=1S/C20H34N4O2.HI/c1-21-19(22-17-16-4-12-26-18(16)20(17)5-2-6-20)24-9-7-23(8-10-24)13-15-3-11-25-14-15;/h15-18H,2-14H2,1H3,(H,21,22);1H. The van der Waals surface area contributed by atoms with Crippen LogP contribution in [-0.2, 0) is 9.47 Å². The normalized spacial score (nSPS) is 38.1. The summed E-state index contributed by atoms with van der Waals surface area (Å²) in [6.07, 6.45) is 7.01. The van der Waals surface area contributed by atoms with Crippen molar-refractivity contribution in [3.63, 3.8) is 0 Å². The third-order valence-corrected chi connectivity index (χ3v) is 7.74. The Hall–Kier alpha value is -0.120. The van der Waals surface area contributed by atoms with Crippen LogP contribution in [0.4, 0.5) is 0 Å². The van der Waals surface area contributed by atoms with Gasteiger partial charge in [-0.25, -0.2) is 0 Å². The SMILES string of the molecule is CN=C(NC1C2CCOC2C12CCC2)N1CCN(CC2CCOC2)CC1.I. The van der Waals surface area contributed by atoms with Crippen LogP contribution in [0.2, 0.25) is 0 Å². The van der Waals surface area contributed by atoms with Gasteiger partial charge in [0, 0.05) is 70.4 Å². The van der Waals surface area contributed by atoms with Crippen LogP contribution in [0.15, 0.2) is 4.99 Å². The van der Waals surface area contributed by atoms with E-state index in [2.05, 4.69) is 20.1 Å². The molecule has 2 aliphatic carbocycles. The van der Waals surface area contributed by atoms with E-state index in [9.17, 15) is 0 Å². The summed E-state index contributed by atoms with van der Waals surface area (Å²) in [6, 6.07) is 0.580. The summed E-state index contributed by atoms with van der Waals surface area (Å²) < 4.78 is 11.6. The zero-order valence-electron chi connectivity index (χ0n) is 16.6. The summed E-state index contributed by atoms with van der Waals surface area (Å²) in [4.78, 5) is 9.73. The molecule has 4 unspecified atom stereocenters. The molecule has 0 aromatic rings. The van der Waals surface area contributed by atoms with Crippen molar-refractivity contribution < 1.29 is 9.47 Å². The highest BCUT2D eigenvalue weighted by Crippen LogP contribution is 2.62. The molecule has 4 atom stereocenters. The van der Waals surface area contributed by atoms with Crippen LogP contribution in [-0.4, -0.2) is 87.5 Å². The summed E-state index contributed by atoms with van der Waals surface area (Å²) >= 11 is 0. The molecule has 5 fully saturated rings. The summed E-state index contributed by atoms with van der Waals surface area (Å²) in [5, 5.41) is 3.88. The molecule has 27 heavy (non-hydrogen) atoms. The molecule has 3 aliphatic heterocycles. The van der Waals surface area contributed by atoms with Crippen molar-refractivity contribution in [1.82, 2.24) is 15.1 Å². The quantitative estimate of drug-likeness (QED) is 0.372. The third-order valence-electron chi connectivity index (χ3n) is 7.74. The average molecular weight is 490 g/mol. The first-order valence-electron chi connectivity index (χ1n) is 10.7. The highest BCUT2D eigenvalue weighted by Gasteiger charge is 2.66. The van der Waals surface area contributed by atoms with E-state index in [0.717, 1.165) is 57.9 Å². The van der Waals surface area contributed by atoms with E-state index in [1.54, 1.807) is 0 Å². The summed E-state index contributed by atoms with van der Waals surface area (Å²) in [5.74, 6) is 2.57. The number of aliphatic imine (C=N–C) groups is 1. The molecule has 3 saturated heterocycles. The van der Waals surface area contributed by atoms with Crippen molar-refractivity contribution in [3.05, 3.63) is 0 Å². The van der Waals surface area contributed by atoms with Crippen LogP contribution in [0, 0.1) is 17.3 Å². The van der Waals surface area contributed by atoms with Gasteiger partial charge in [0.05, 0.1) is 12.7 Å². The maximum absolute atomic E-state index is 6.07. The first-order valence-corrected chi connectivity index (χ1v) is 10.7. The van der Waals surface area contributed by atoms with E-state index in [1.165, 1.54) is 38.6 Å². The molecule has 0 aromatic carbocycles. The van der Waals surface area contributed by atoms with Gasteiger partial charge in [0.15, 0.2) is 5.96 Å². The van der Waals surface area contributed by atoms with Gasteiger partial charge >= 0.3 is 0 Å². The molecule has 0 radical (unpaired) electrons. The Bertz CT molecular complexity index is 542. The molecule has 7 heteroatoms. The number of rotatable bonds is 3. The monoisotopic (exact) mass is 490 g/mol. The Morgan fingerprint density at radius 1 is 1.15 bits per heavy atom. The minimum Gasteiger partial charge on any atom is -0.381 e. The molecule has 5 aliphatic rings. The highest BCUT2D eigenvalue weighted by molar-refractivity contribution is 14.0. The number of ether oxygens (including phenoxy) is 2. The zero-order chi connectivity index (χ0) is 17.6. The molecule has 154 valence electrons. The first-order chi connectivity index (χ1) is 12.8. The van der Waals surface area contributed by atoms with Crippen LogP contribution in [0.5, 0.6) is 0 Å². The van der Waals surface area contributed by atoms with Gasteiger partial charge in [-0.1, -0.05) is 6.42 Å². The second-order valence-corrected chi connectivity index (χ2v) is 9.02. The van der Waals surface area contributed by atoms with Gasteiger partial charge in [-0.15, -0.1) is 24.0 Å². The smallest absolute Gasteiger partial charge is 0.193 e. The Balaban J connectivity index is 0.00000180. The zero-order valence-corrected chi connectivity index (χ0v) is 18.9. The minimum absolute atomic E-state index is 0. The minimum atomic E-state index is 0. The van der Waals surface area contributed by atoms with Gasteiger partial charge < -0.3 is 19.7 Å². The largest absolute Gasteiger partial charge is 0.381 e. The van der Waals surface area contributed by atoms with Crippen LogP contribution in [0.25, 0.3) is 0 Å². The topological polar surface area (TPSA) is 49.3 Å². The molecule has 2 saturated carbocycles. The fraction of sp³-hybridized carbons (Fsp3) is 0.950. The number of piperazine rings is 1. The maximum Gasteiger partial charge on any atom is 0.193 e. The molecule has 0 amide bonds. The molecule has 5 rings (SSSR count). The average Bonchev–Trinajstić information content (AvgIpc) is 3.26. The maximum atomic E-state index is 6.07. The van der Waals surface area contributed by atoms with E-state index in [1.807, 2.05) is 7.05 Å². The van der Waals surface area contributed by atoms with Gasteiger partial charge in [-0.2, -0.15) is 0 Å². The Kier molecular flexibility index (Phi) is 6.21. The lowest BCUT2D eigenvalue weighted by atomic mass is 9.46. The number of guanidine groups is 1. The second-order valence-electron chi connectivity index (χ2n) is 9.02. The number of hydrogen-bond donors (Lipinski definition) is 1. The van der Waals surface area contributed by atoms with E-state index >= 15 is 0 Å².